The molecule has 0 bridgehead atoms. The summed E-state index contributed by atoms with van der Waals surface area (Å²) in [4.78, 5) is 0. The Balaban J connectivity index is 1.92. The van der Waals surface area contributed by atoms with E-state index in [9.17, 15) is 0 Å². The van der Waals surface area contributed by atoms with Gasteiger partial charge in [0.1, 0.15) is 17.6 Å². The summed E-state index contributed by atoms with van der Waals surface area (Å²) >= 11 is 0. The van der Waals surface area contributed by atoms with E-state index < -0.39 is 0 Å². The van der Waals surface area contributed by atoms with Crippen LogP contribution in [0.15, 0.2) is 66.7 Å². The van der Waals surface area contributed by atoms with Crippen molar-refractivity contribution in [3.05, 3.63) is 83.4 Å². The number of para-hydroxylation sites is 1. The van der Waals surface area contributed by atoms with E-state index in [1.807, 2.05) is 24.3 Å². The van der Waals surface area contributed by atoms with Crippen LogP contribution >= 0.6 is 0 Å². The average Bonchev–Trinajstić information content (AvgIpc) is 2.60. The number of aryl methyl sites for hydroxylation is 1. The van der Waals surface area contributed by atoms with Crippen LogP contribution in [0.2, 0.25) is 0 Å². The summed E-state index contributed by atoms with van der Waals surface area (Å²) in [7, 11) is 1.70. The molecule has 3 aromatic carbocycles. The first-order valence-electron chi connectivity index (χ1n) is 7.77. The van der Waals surface area contributed by atoms with Crippen LogP contribution < -0.4 is 9.47 Å². The van der Waals surface area contributed by atoms with E-state index in [4.69, 9.17) is 9.47 Å². The minimum Gasteiger partial charge on any atom is -0.497 e. The minimum absolute atomic E-state index is 0.0919. The Morgan fingerprint density at radius 2 is 1.74 bits per heavy atom. The Morgan fingerprint density at radius 1 is 0.870 bits per heavy atom. The Bertz CT molecular complexity index is 867. The zero-order valence-corrected chi connectivity index (χ0v) is 13.2. The second kappa shape index (κ2) is 5.47. The number of methoxy groups -OCH3 is 1. The molecule has 2 heteroatoms. The molecule has 1 atom stereocenters. The molecule has 114 valence electrons. The fourth-order valence-corrected chi connectivity index (χ4v) is 3.19. The van der Waals surface area contributed by atoms with Gasteiger partial charge in [0.05, 0.1) is 7.11 Å². The summed E-state index contributed by atoms with van der Waals surface area (Å²) < 4.78 is 11.7. The first kappa shape index (κ1) is 13.9. The predicted octanol–water partition coefficient (Wildman–Crippen LogP) is 5.15. The number of hydrogen-bond acceptors (Lipinski definition) is 2. The van der Waals surface area contributed by atoms with Crippen molar-refractivity contribution >= 4 is 0 Å². The van der Waals surface area contributed by atoms with Gasteiger partial charge in [-0.15, -0.1) is 0 Å². The molecular weight excluding hydrogens is 284 g/mol. The number of rotatable bonds is 2. The maximum Gasteiger partial charge on any atom is 0.149 e. The summed E-state index contributed by atoms with van der Waals surface area (Å²) in [5.74, 6) is 1.78. The molecule has 0 saturated carbocycles. The van der Waals surface area contributed by atoms with E-state index in [1.165, 1.54) is 22.3 Å². The molecule has 0 aliphatic carbocycles. The van der Waals surface area contributed by atoms with Crippen molar-refractivity contribution in [3.63, 3.8) is 0 Å². The van der Waals surface area contributed by atoms with E-state index in [1.54, 1.807) is 7.11 Å². The number of fused-ring (bicyclic) bond motifs is 3. The van der Waals surface area contributed by atoms with Crippen molar-refractivity contribution in [2.24, 2.45) is 0 Å². The minimum atomic E-state index is -0.0919. The Kier molecular flexibility index (Phi) is 3.30. The largest absolute Gasteiger partial charge is 0.497 e. The maximum absolute atomic E-state index is 6.33. The van der Waals surface area contributed by atoms with Crippen LogP contribution in [0.3, 0.4) is 0 Å². The molecule has 4 rings (SSSR count). The monoisotopic (exact) mass is 302 g/mol. The average molecular weight is 302 g/mol. The molecule has 0 radical (unpaired) electrons. The highest BCUT2D eigenvalue weighted by Crippen LogP contribution is 2.45. The van der Waals surface area contributed by atoms with Crippen molar-refractivity contribution in [2.45, 2.75) is 13.0 Å². The standard InChI is InChI=1S/C21H18O2/c1-14-6-5-7-15(12-14)21-18-11-10-16(22-2)13-19(18)17-8-3-4-9-20(17)23-21/h3-13,21H,1-2H3. The zero-order chi connectivity index (χ0) is 15.8. The molecule has 1 aliphatic rings. The fourth-order valence-electron chi connectivity index (χ4n) is 3.19. The van der Waals surface area contributed by atoms with Gasteiger partial charge in [-0.2, -0.15) is 0 Å². The van der Waals surface area contributed by atoms with Gasteiger partial charge in [-0.25, -0.2) is 0 Å². The SMILES string of the molecule is COc1ccc2c(c1)-c1ccccc1OC2c1cccc(C)c1. The van der Waals surface area contributed by atoms with Gasteiger partial charge in [0.2, 0.25) is 0 Å². The molecule has 1 aliphatic heterocycles. The van der Waals surface area contributed by atoms with E-state index in [0.717, 1.165) is 17.1 Å². The molecule has 3 aromatic rings. The Morgan fingerprint density at radius 3 is 2.57 bits per heavy atom. The van der Waals surface area contributed by atoms with Gasteiger partial charge in [0.15, 0.2) is 0 Å². The lowest BCUT2D eigenvalue weighted by Crippen LogP contribution is -2.15. The topological polar surface area (TPSA) is 18.5 Å². The van der Waals surface area contributed by atoms with Gasteiger partial charge in [-0.1, -0.05) is 54.1 Å². The second-order valence-corrected chi connectivity index (χ2v) is 5.86. The Hall–Kier alpha value is -2.74. The van der Waals surface area contributed by atoms with Crippen molar-refractivity contribution < 1.29 is 9.47 Å². The maximum atomic E-state index is 6.33. The van der Waals surface area contributed by atoms with Crippen LogP contribution in [0.25, 0.3) is 11.1 Å². The summed E-state index contributed by atoms with van der Waals surface area (Å²) in [5.41, 5.74) is 5.88. The van der Waals surface area contributed by atoms with Crippen molar-refractivity contribution in [2.75, 3.05) is 7.11 Å². The van der Waals surface area contributed by atoms with Crippen molar-refractivity contribution in [1.82, 2.24) is 0 Å². The van der Waals surface area contributed by atoms with E-state index >= 15 is 0 Å². The lowest BCUT2D eigenvalue weighted by atomic mass is 9.89. The van der Waals surface area contributed by atoms with Crippen LogP contribution in [-0.4, -0.2) is 7.11 Å². The molecular formula is C21H18O2. The summed E-state index contributed by atoms with van der Waals surface area (Å²) in [6, 6.07) is 22.9. The summed E-state index contributed by atoms with van der Waals surface area (Å²) in [6.45, 7) is 2.11. The third-order valence-corrected chi connectivity index (χ3v) is 4.31. The third-order valence-electron chi connectivity index (χ3n) is 4.31. The Labute approximate surface area is 136 Å². The molecule has 0 amide bonds. The molecule has 1 heterocycles. The molecule has 0 fully saturated rings. The van der Waals surface area contributed by atoms with Crippen LogP contribution in [-0.2, 0) is 0 Å². The normalized spacial score (nSPS) is 15.3. The quantitative estimate of drug-likeness (QED) is 0.651. The first-order valence-corrected chi connectivity index (χ1v) is 7.77. The van der Waals surface area contributed by atoms with Crippen molar-refractivity contribution in [1.29, 1.82) is 0 Å². The number of ether oxygens (including phenoxy) is 2. The molecule has 1 unspecified atom stereocenters. The molecule has 2 nitrogen and oxygen atoms in total. The number of benzene rings is 3. The van der Waals surface area contributed by atoms with Crippen LogP contribution in [0.1, 0.15) is 22.8 Å². The molecule has 0 spiro atoms. The predicted molar refractivity (Wildman–Crippen MR) is 92.1 cm³/mol. The van der Waals surface area contributed by atoms with E-state index in [0.29, 0.717) is 0 Å². The number of hydrogen-bond donors (Lipinski definition) is 0. The highest BCUT2D eigenvalue weighted by Gasteiger charge is 2.27. The lowest BCUT2D eigenvalue weighted by Gasteiger charge is -2.29. The van der Waals surface area contributed by atoms with E-state index in [2.05, 4.69) is 49.4 Å². The molecule has 0 saturated heterocycles. The van der Waals surface area contributed by atoms with Crippen LogP contribution in [0, 0.1) is 6.92 Å². The zero-order valence-electron chi connectivity index (χ0n) is 13.2. The third kappa shape index (κ3) is 2.36. The molecule has 0 N–H and O–H groups in total. The summed E-state index contributed by atoms with van der Waals surface area (Å²) in [6.07, 6.45) is -0.0919. The fraction of sp³-hybridized carbons (Fsp3) is 0.143. The van der Waals surface area contributed by atoms with E-state index in [-0.39, 0.29) is 6.10 Å². The molecule has 23 heavy (non-hydrogen) atoms. The highest BCUT2D eigenvalue weighted by atomic mass is 16.5. The first-order chi connectivity index (χ1) is 11.3. The van der Waals surface area contributed by atoms with Gasteiger partial charge >= 0.3 is 0 Å². The van der Waals surface area contributed by atoms with Gasteiger partial charge in [-0.05, 0) is 36.2 Å². The van der Waals surface area contributed by atoms with Crippen LogP contribution in [0.4, 0.5) is 0 Å². The summed E-state index contributed by atoms with van der Waals surface area (Å²) in [5, 5.41) is 0. The van der Waals surface area contributed by atoms with Crippen LogP contribution in [0.5, 0.6) is 11.5 Å². The van der Waals surface area contributed by atoms with Gasteiger partial charge < -0.3 is 9.47 Å². The lowest BCUT2D eigenvalue weighted by molar-refractivity contribution is 0.243. The van der Waals surface area contributed by atoms with Gasteiger partial charge in [0, 0.05) is 11.1 Å². The smallest absolute Gasteiger partial charge is 0.149 e. The van der Waals surface area contributed by atoms with Crippen molar-refractivity contribution in [3.8, 4) is 22.6 Å². The molecule has 0 aromatic heterocycles. The highest BCUT2D eigenvalue weighted by molar-refractivity contribution is 5.77. The second-order valence-electron chi connectivity index (χ2n) is 5.86. The van der Waals surface area contributed by atoms with Gasteiger partial charge in [-0.3, -0.25) is 0 Å². The van der Waals surface area contributed by atoms with Gasteiger partial charge in [0.25, 0.3) is 0 Å².